The number of halogens is 2. The van der Waals surface area contributed by atoms with Crippen LogP contribution in [0.15, 0.2) is 30.5 Å². The number of rotatable bonds is 5. The summed E-state index contributed by atoms with van der Waals surface area (Å²) in [6.07, 6.45) is 3.18. The van der Waals surface area contributed by atoms with Crippen LogP contribution in [0, 0.1) is 5.82 Å². The molecule has 0 atom stereocenters. The summed E-state index contributed by atoms with van der Waals surface area (Å²) in [5.41, 5.74) is 0.282. The number of amides is 1. The third-order valence-corrected chi connectivity index (χ3v) is 5.29. The van der Waals surface area contributed by atoms with Gasteiger partial charge in [-0.1, -0.05) is 17.7 Å². The SMILES string of the molecule is CC(C)N1CCC(NC(=O)c2cc(C(=O)c3c(F)cccc3Cl)c[nH]2)CC1. The van der Waals surface area contributed by atoms with E-state index in [2.05, 4.69) is 29.0 Å². The normalized spacial score (nSPS) is 15.9. The molecule has 1 saturated heterocycles. The van der Waals surface area contributed by atoms with Crippen molar-refractivity contribution in [3.8, 4) is 0 Å². The predicted molar refractivity (Wildman–Crippen MR) is 103 cm³/mol. The van der Waals surface area contributed by atoms with Gasteiger partial charge in [-0.05, 0) is 44.9 Å². The first-order valence-corrected chi connectivity index (χ1v) is 9.46. The topological polar surface area (TPSA) is 65.2 Å². The van der Waals surface area contributed by atoms with E-state index in [-0.39, 0.29) is 33.8 Å². The molecule has 0 spiro atoms. The van der Waals surface area contributed by atoms with Crippen molar-refractivity contribution in [2.75, 3.05) is 13.1 Å². The van der Waals surface area contributed by atoms with Gasteiger partial charge in [-0.25, -0.2) is 4.39 Å². The molecule has 0 radical (unpaired) electrons. The van der Waals surface area contributed by atoms with Crippen LogP contribution < -0.4 is 5.32 Å². The van der Waals surface area contributed by atoms with Crippen LogP contribution in [0.1, 0.15) is 53.1 Å². The average molecular weight is 392 g/mol. The van der Waals surface area contributed by atoms with E-state index in [1.165, 1.54) is 30.5 Å². The molecule has 3 rings (SSSR count). The Morgan fingerprint density at radius 1 is 1.30 bits per heavy atom. The summed E-state index contributed by atoms with van der Waals surface area (Å²) in [6, 6.07) is 6.13. The second-order valence-corrected chi connectivity index (χ2v) is 7.51. The quantitative estimate of drug-likeness (QED) is 0.765. The van der Waals surface area contributed by atoms with E-state index >= 15 is 0 Å². The van der Waals surface area contributed by atoms with E-state index in [1.807, 2.05) is 0 Å². The van der Waals surface area contributed by atoms with Gasteiger partial charge in [0, 0.05) is 36.9 Å². The number of aromatic amines is 1. The minimum Gasteiger partial charge on any atom is -0.356 e. The van der Waals surface area contributed by atoms with Gasteiger partial charge >= 0.3 is 0 Å². The van der Waals surface area contributed by atoms with Crippen LogP contribution in [0.3, 0.4) is 0 Å². The summed E-state index contributed by atoms with van der Waals surface area (Å²) in [4.78, 5) is 30.2. The zero-order chi connectivity index (χ0) is 19.6. The standard InChI is InChI=1S/C20H23ClFN3O2/c1-12(2)25-8-6-14(7-9-25)24-20(27)17-10-13(11-23-17)19(26)18-15(21)4-3-5-16(18)22/h3-5,10-12,14,23H,6-9H2,1-2H3,(H,24,27). The number of likely N-dealkylation sites (tertiary alicyclic amines) is 1. The molecule has 5 nitrogen and oxygen atoms in total. The van der Waals surface area contributed by atoms with E-state index < -0.39 is 11.6 Å². The van der Waals surface area contributed by atoms with Gasteiger partial charge in [0.15, 0.2) is 5.78 Å². The fourth-order valence-corrected chi connectivity index (χ4v) is 3.59. The van der Waals surface area contributed by atoms with Crippen LogP contribution in [0.25, 0.3) is 0 Å². The van der Waals surface area contributed by atoms with Crippen molar-refractivity contribution >= 4 is 23.3 Å². The summed E-state index contributed by atoms with van der Waals surface area (Å²) >= 11 is 5.95. The number of nitrogens with zero attached hydrogens (tertiary/aromatic N) is 1. The van der Waals surface area contributed by atoms with Gasteiger partial charge in [0.05, 0.1) is 10.6 Å². The van der Waals surface area contributed by atoms with Crippen LogP contribution >= 0.6 is 11.6 Å². The molecule has 1 amide bonds. The Kier molecular flexibility index (Phi) is 5.97. The first-order chi connectivity index (χ1) is 12.9. The predicted octanol–water partition coefficient (Wildman–Crippen LogP) is 3.64. The molecule has 1 fully saturated rings. The number of hydrogen-bond acceptors (Lipinski definition) is 3. The van der Waals surface area contributed by atoms with Crippen LogP contribution in [0.2, 0.25) is 5.02 Å². The Morgan fingerprint density at radius 3 is 2.63 bits per heavy atom. The molecule has 0 bridgehead atoms. The molecule has 0 saturated carbocycles. The van der Waals surface area contributed by atoms with E-state index in [1.54, 1.807) is 0 Å². The number of piperidine rings is 1. The lowest BCUT2D eigenvalue weighted by molar-refractivity contribution is 0.0896. The summed E-state index contributed by atoms with van der Waals surface area (Å²) in [6.45, 7) is 6.22. The van der Waals surface area contributed by atoms with Crippen LogP contribution in [0.5, 0.6) is 0 Å². The highest BCUT2D eigenvalue weighted by Crippen LogP contribution is 2.23. The summed E-state index contributed by atoms with van der Waals surface area (Å²) in [7, 11) is 0. The molecule has 7 heteroatoms. The molecule has 1 aromatic carbocycles. The van der Waals surface area contributed by atoms with Crippen molar-refractivity contribution in [3.05, 3.63) is 58.1 Å². The maximum absolute atomic E-state index is 14.0. The first-order valence-electron chi connectivity index (χ1n) is 9.09. The van der Waals surface area contributed by atoms with Crippen molar-refractivity contribution in [3.63, 3.8) is 0 Å². The lowest BCUT2D eigenvalue weighted by atomic mass is 10.0. The van der Waals surface area contributed by atoms with Crippen molar-refractivity contribution in [2.24, 2.45) is 0 Å². The lowest BCUT2D eigenvalue weighted by Crippen LogP contribution is -2.46. The Bertz CT molecular complexity index is 821. The third kappa shape index (κ3) is 4.39. The Labute approximate surface area is 162 Å². The molecular formula is C20H23ClFN3O2. The van der Waals surface area contributed by atoms with E-state index in [0.29, 0.717) is 6.04 Å². The average Bonchev–Trinajstić information content (AvgIpc) is 3.12. The molecular weight excluding hydrogens is 369 g/mol. The Hall–Kier alpha value is -2.18. The van der Waals surface area contributed by atoms with Crippen molar-refractivity contribution in [2.45, 2.75) is 38.8 Å². The van der Waals surface area contributed by atoms with Gasteiger partial charge in [0.25, 0.3) is 5.91 Å². The smallest absolute Gasteiger partial charge is 0.267 e. The summed E-state index contributed by atoms with van der Waals surface area (Å²) < 4.78 is 14.0. The van der Waals surface area contributed by atoms with Gasteiger partial charge in [0.1, 0.15) is 11.5 Å². The fourth-order valence-electron chi connectivity index (χ4n) is 3.34. The fraction of sp³-hybridized carbons (Fsp3) is 0.400. The molecule has 1 aliphatic heterocycles. The van der Waals surface area contributed by atoms with Crippen molar-refractivity contribution in [1.82, 2.24) is 15.2 Å². The lowest BCUT2D eigenvalue weighted by Gasteiger charge is -2.34. The van der Waals surface area contributed by atoms with Crippen LogP contribution in [-0.4, -0.2) is 46.7 Å². The van der Waals surface area contributed by atoms with Crippen LogP contribution in [-0.2, 0) is 0 Å². The van der Waals surface area contributed by atoms with Gasteiger partial charge in [-0.3, -0.25) is 9.59 Å². The Morgan fingerprint density at radius 2 is 2.00 bits per heavy atom. The zero-order valence-electron chi connectivity index (χ0n) is 15.4. The second kappa shape index (κ2) is 8.23. The molecule has 0 aliphatic carbocycles. The zero-order valence-corrected chi connectivity index (χ0v) is 16.1. The van der Waals surface area contributed by atoms with E-state index in [0.717, 1.165) is 25.9 Å². The van der Waals surface area contributed by atoms with Gasteiger partial charge in [-0.15, -0.1) is 0 Å². The molecule has 1 aliphatic rings. The molecule has 0 unspecified atom stereocenters. The van der Waals surface area contributed by atoms with Crippen molar-refractivity contribution < 1.29 is 14.0 Å². The number of hydrogen-bond donors (Lipinski definition) is 2. The molecule has 2 N–H and O–H groups in total. The molecule has 2 aromatic rings. The number of benzene rings is 1. The number of nitrogens with one attached hydrogen (secondary N) is 2. The summed E-state index contributed by atoms with van der Waals surface area (Å²) in [5, 5.41) is 3.05. The second-order valence-electron chi connectivity index (χ2n) is 7.11. The minimum absolute atomic E-state index is 0.0455. The van der Waals surface area contributed by atoms with Gasteiger partial charge in [-0.2, -0.15) is 0 Å². The third-order valence-electron chi connectivity index (χ3n) is 4.97. The maximum atomic E-state index is 14.0. The first kappa shape index (κ1) is 19.6. The van der Waals surface area contributed by atoms with Gasteiger partial charge in [0.2, 0.25) is 0 Å². The number of aromatic nitrogens is 1. The number of carbonyl (C=O) groups is 2. The van der Waals surface area contributed by atoms with E-state index in [9.17, 15) is 14.0 Å². The van der Waals surface area contributed by atoms with Crippen molar-refractivity contribution in [1.29, 1.82) is 0 Å². The molecule has 1 aromatic heterocycles. The monoisotopic (exact) mass is 391 g/mol. The number of H-pyrrole nitrogens is 1. The molecule has 144 valence electrons. The number of carbonyl (C=O) groups excluding carboxylic acids is 2. The summed E-state index contributed by atoms with van der Waals surface area (Å²) in [5.74, 6) is -1.51. The largest absolute Gasteiger partial charge is 0.356 e. The minimum atomic E-state index is -0.684. The number of ketones is 1. The highest BCUT2D eigenvalue weighted by molar-refractivity contribution is 6.35. The Balaban J connectivity index is 1.65. The van der Waals surface area contributed by atoms with Crippen LogP contribution in [0.4, 0.5) is 4.39 Å². The highest BCUT2D eigenvalue weighted by atomic mass is 35.5. The molecule has 27 heavy (non-hydrogen) atoms. The van der Waals surface area contributed by atoms with E-state index in [4.69, 9.17) is 11.6 Å². The highest BCUT2D eigenvalue weighted by Gasteiger charge is 2.24. The maximum Gasteiger partial charge on any atom is 0.267 e. The molecule has 2 heterocycles. The van der Waals surface area contributed by atoms with Gasteiger partial charge < -0.3 is 15.2 Å².